The van der Waals surface area contributed by atoms with Crippen molar-refractivity contribution in [2.24, 2.45) is 0 Å². The summed E-state index contributed by atoms with van der Waals surface area (Å²) in [5.74, 6) is 0.511. The van der Waals surface area contributed by atoms with E-state index >= 15 is 0 Å². The van der Waals surface area contributed by atoms with Gasteiger partial charge in [-0.05, 0) is 0 Å². The van der Waals surface area contributed by atoms with Gasteiger partial charge in [0, 0.05) is 18.2 Å². The lowest BCUT2D eigenvalue weighted by Crippen LogP contribution is -2.03. The fraction of sp³-hybridized carbons (Fsp3) is 0.125. The Labute approximate surface area is 101 Å². The molecule has 4 N–H and O–H groups in total. The molecule has 0 radical (unpaired) electrons. The molecule has 0 unspecified atom stereocenters. The minimum Gasteiger partial charge on any atom is -0.384 e. The third kappa shape index (κ3) is 2.34. The minimum absolute atomic E-state index is 0.256. The second-order valence-electron chi connectivity index (χ2n) is 3.03. The first-order valence-electron chi connectivity index (χ1n) is 4.37. The zero-order chi connectivity index (χ0) is 11.5. The van der Waals surface area contributed by atoms with Gasteiger partial charge in [-0.3, -0.25) is 5.10 Å². The first-order chi connectivity index (χ1) is 7.66. The summed E-state index contributed by atoms with van der Waals surface area (Å²) < 4.78 is 0. The number of aromatic amines is 1. The van der Waals surface area contributed by atoms with Crippen molar-refractivity contribution < 1.29 is 0 Å². The maximum Gasteiger partial charge on any atom is 0.174 e. The predicted octanol–water partition coefficient (Wildman–Crippen LogP) is 1.70. The van der Waals surface area contributed by atoms with Gasteiger partial charge in [-0.1, -0.05) is 23.2 Å². The molecular weight excluding hydrogens is 251 g/mol. The van der Waals surface area contributed by atoms with Crippen molar-refractivity contribution in [1.82, 2.24) is 20.4 Å². The summed E-state index contributed by atoms with van der Waals surface area (Å²) in [4.78, 5) is 0. The Morgan fingerprint density at radius 1 is 1.38 bits per heavy atom. The van der Waals surface area contributed by atoms with E-state index in [9.17, 15) is 0 Å². The number of hydrogen-bond donors (Lipinski definition) is 3. The van der Waals surface area contributed by atoms with Crippen LogP contribution in [-0.2, 0) is 6.54 Å². The smallest absolute Gasteiger partial charge is 0.174 e. The van der Waals surface area contributed by atoms with Gasteiger partial charge >= 0.3 is 0 Å². The first-order valence-corrected chi connectivity index (χ1v) is 5.12. The zero-order valence-corrected chi connectivity index (χ0v) is 9.55. The number of anilines is 2. The number of hydrogen-bond acceptors (Lipinski definition) is 5. The van der Waals surface area contributed by atoms with Crippen LogP contribution in [0.3, 0.4) is 0 Å². The van der Waals surface area contributed by atoms with Gasteiger partial charge in [-0.15, -0.1) is 10.2 Å². The van der Waals surface area contributed by atoms with Gasteiger partial charge in [-0.2, -0.15) is 5.10 Å². The number of rotatable bonds is 3. The van der Waals surface area contributed by atoms with Crippen LogP contribution in [0.15, 0.2) is 12.3 Å². The van der Waals surface area contributed by atoms with Crippen molar-refractivity contribution in [2.45, 2.75) is 6.54 Å². The number of halogens is 2. The summed E-state index contributed by atoms with van der Waals surface area (Å²) in [6.45, 7) is 0.476. The Balaban J connectivity index is 2.10. The quantitative estimate of drug-likeness (QED) is 0.780. The summed E-state index contributed by atoms with van der Waals surface area (Å²) in [6, 6.07) is 1.59. The molecule has 0 aromatic carbocycles. The van der Waals surface area contributed by atoms with Gasteiger partial charge in [0.1, 0.15) is 5.82 Å². The van der Waals surface area contributed by atoms with Crippen molar-refractivity contribution in [2.75, 3.05) is 11.1 Å². The molecular formula is C8H8Cl2N6. The van der Waals surface area contributed by atoms with Crippen molar-refractivity contribution in [3.63, 3.8) is 0 Å². The first kappa shape index (κ1) is 11.0. The lowest BCUT2D eigenvalue weighted by Gasteiger charge is -2.06. The van der Waals surface area contributed by atoms with Crippen molar-refractivity contribution in [3.8, 4) is 0 Å². The van der Waals surface area contributed by atoms with E-state index in [2.05, 4.69) is 25.7 Å². The highest BCUT2D eigenvalue weighted by Crippen LogP contribution is 2.21. The molecule has 2 heterocycles. The van der Waals surface area contributed by atoms with Gasteiger partial charge < -0.3 is 11.1 Å². The van der Waals surface area contributed by atoms with E-state index in [0.717, 1.165) is 5.56 Å². The molecule has 84 valence electrons. The highest BCUT2D eigenvalue weighted by molar-refractivity contribution is 6.33. The molecule has 0 spiro atoms. The summed E-state index contributed by atoms with van der Waals surface area (Å²) >= 11 is 11.5. The molecule has 0 bridgehead atoms. The van der Waals surface area contributed by atoms with E-state index in [1.165, 1.54) is 0 Å². The van der Waals surface area contributed by atoms with Gasteiger partial charge in [0.2, 0.25) is 0 Å². The summed E-state index contributed by atoms with van der Waals surface area (Å²) in [6.07, 6.45) is 1.63. The van der Waals surface area contributed by atoms with Crippen molar-refractivity contribution in [1.29, 1.82) is 0 Å². The van der Waals surface area contributed by atoms with Crippen LogP contribution in [0.4, 0.5) is 11.5 Å². The van der Waals surface area contributed by atoms with Gasteiger partial charge in [0.05, 0.1) is 11.9 Å². The zero-order valence-electron chi connectivity index (χ0n) is 8.04. The van der Waals surface area contributed by atoms with Crippen LogP contribution in [0.2, 0.25) is 10.3 Å². The average Bonchev–Trinajstić information content (AvgIpc) is 2.66. The molecule has 0 saturated heterocycles. The van der Waals surface area contributed by atoms with Gasteiger partial charge in [0.25, 0.3) is 0 Å². The molecule has 16 heavy (non-hydrogen) atoms. The molecule has 2 aromatic heterocycles. The van der Waals surface area contributed by atoms with Crippen molar-refractivity contribution >= 4 is 34.7 Å². The number of H-pyrrole nitrogens is 1. The Bertz CT molecular complexity index is 497. The second kappa shape index (κ2) is 4.54. The minimum atomic E-state index is 0.256. The number of nitrogens with two attached hydrogens (primary N) is 1. The van der Waals surface area contributed by atoms with Crippen LogP contribution in [-0.4, -0.2) is 20.4 Å². The van der Waals surface area contributed by atoms with Crippen molar-refractivity contribution in [3.05, 3.63) is 28.1 Å². The van der Waals surface area contributed by atoms with Crippen LogP contribution in [0.5, 0.6) is 0 Å². The number of aromatic nitrogens is 4. The van der Waals surface area contributed by atoms with Gasteiger partial charge in [0.15, 0.2) is 10.3 Å². The SMILES string of the molecule is Nc1[nH]ncc1CNc1cc(Cl)nnc1Cl. The van der Waals surface area contributed by atoms with Crippen LogP contribution in [0.25, 0.3) is 0 Å². The molecule has 0 aliphatic heterocycles. The molecule has 0 aliphatic rings. The molecule has 0 amide bonds. The molecule has 0 fully saturated rings. The van der Waals surface area contributed by atoms with Gasteiger partial charge in [-0.25, -0.2) is 0 Å². The Hall–Kier alpha value is -1.53. The molecule has 0 saturated carbocycles. The fourth-order valence-electron chi connectivity index (χ4n) is 1.13. The number of nitrogens with one attached hydrogen (secondary N) is 2. The monoisotopic (exact) mass is 258 g/mol. The van der Waals surface area contributed by atoms with Crippen LogP contribution in [0, 0.1) is 0 Å². The Morgan fingerprint density at radius 3 is 2.88 bits per heavy atom. The summed E-state index contributed by atoms with van der Waals surface area (Å²) in [7, 11) is 0. The molecule has 6 nitrogen and oxygen atoms in total. The molecule has 0 atom stereocenters. The summed E-state index contributed by atoms with van der Waals surface area (Å²) in [5, 5.41) is 17.3. The normalized spacial score (nSPS) is 10.4. The maximum atomic E-state index is 5.83. The number of nitrogen functional groups attached to an aromatic ring is 1. The third-order valence-corrected chi connectivity index (χ3v) is 2.40. The molecule has 0 aliphatic carbocycles. The topological polar surface area (TPSA) is 92.5 Å². The molecule has 2 rings (SSSR count). The van der Waals surface area contributed by atoms with Crippen LogP contribution < -0.4 is 11.1 Å². The average molecular weight is 259 g/mol. The number of nitrogens with zero attached hydrogens (tertiary/aromatic N) is 3. The fourth-order valence-corrected chi connectivity index (χ4v) is 1.44. The van der Waals surface area contributed by atoms with Crippen LogP contribution in [0.1, 0.15) is 5.56 Å². The standard InChI is InChI=1S/C8H8Cl2N6/c9-6-1-5(7(10)15-14-6)12-2-4-3-13-16-8(4)11/h1,3H,2H2,(H,12,14)(H3,11,13,16). The third-order valence-electron chi connectivity index (χ3n) is 1.94. The van der Waals surface area contributed by atoms with E-state index in [1.54, 1.807) is 12.3 Å². The lowest BCUT2D eigenvalue weighted by molar-refractivity contribution is 1.02. The van der Waals surface area contributed by atoms with E-state index in [-0.39, 0.29) is 10.3 Å². The second-order valence-corrected chi connectivity index (χ2v) is 3.78. The largest absolute Gasteiger partial charge is 0.384 e. The Morgan fingerprint density at radius 2 is 2.19 bits per heavy atom. The van der Waals surface area contributed by atoms with E-state index < -0.39 is 0 Å². The predicted molar refractivity (Wildman–Crippen MR) is 62.4 cm³/mol. The van der Waals surface area contributed by atoms with Crippen LogP contribution >= 0.6 is 23.2 Å². The van der Waals surface area contributed by atoms with E-state index in [4.69, 9.17) is 28.9 Å². The maximum absolute atomic E-state index is 5.83. The van der Waals surface area contributed by atoms with E-state index in [1.807, 2.05) is 0 Å². The highest BCUT2D eigenvalue weighted by Gasteiger charge is 2.05. The highest BCUT2D eigenvalue weighted by atomic mass is 35.5. The Kier molecular flexibility index (Phi) is 3.12. The summed E-state index contributed by atoms with van der Waals surface area (Å²) in [5.41, 5.74) is 7.06. The lowest BCUT2D eigenvalue weighted by atomic mass is 10.3. The van der Waals surface area contributed by atoms with E-state index in [0.29, 0.717) is 18.1 Å². The molecule has 2 aromatic rings. The molecule has 8 heteroatoms.